The molecule has 0 radical (unpaired) electrons. The van der Waals surface area contributed by atoms with Gasteiger partial charge in [0.2, 0.25) is 0 Å². The molecule has 26 heavy (non-hydrogen) atoms. The zero-order valence-electron chi connectivity index (χ0n) is 15.0. The number of anilines is 1. The second kappa shape index (κ2) is 8.31. The Morgan fingerprint density at radius 1 is 1.19 bits per heavy atom. The van der Waals surface area contributed by atoms with Crippen LogP contribution in [0, 0.1) is 0 Å². The van der Waals surface area contributed by atoms with Gasteiger partial charge in [-0.05, 0) is 37.1 Å². The maximum Gasteiger partial charge on any atom is 0.273 e. The van der Waals surface area contributed by atoms with Gasteiger partial charge in [-0.2, -0.15) is 0 Å². The quantitative estimate of drug-likeness (QED) is 0.865. The van der Waals surface area contributed by atoms with Crippen molar-refractivity contribution >= 4 is 28.3 Å². The van der Waals surface area contributed by atoms with E-state index >= 15 is 0 Å². The van der Waals surface area contributed by atoms with Gasteiger partial charge in [-0.15, -0.1) is 11.3 Å². The fraction of sp³-hybridized carbons (Fsp3) is 0.421. The van der Waals surface area contributed by atoms with E-state index in [-0.39, 0.29) is 17.9 Å². The summed E-state index contributed by atoms with van der Waals surface area (Å²) in [6.45, 7) is 0. The average Bonchev–Trinajstić information content (AvgIpc) is 3.16. The van der Waals surface area contributed by atoms with Gasteiger partial charge in [0.15, 0.2) is 5.13 Å². The van der Waals surface area contributed by atoms with E-state index in [0.717, 1.165) is 12.8 Å². The fourth-order valence-electron chi connectivity index (χ4n) is 3.16. The summed E-state index contributed by atoms with van der Waals surface area (Å²) in [5.41, 5.74) is 0.890. The number of hydrogen-bond donors (Lipinski definition) is 1. The second-order valence-corrected chi connectivity index (χ2v) is 7.29. The van der Waals surface area contributed by atoms with Crippen LogP contribution in [0.15, 0.2) is 29.6 Å². The number of ether oxygens (including phenoxy) is 1. The largest absolute Gasteiger partial charge is 0.497 e. The normalized spacial score (nSPS) is 14.7. The van der Waals surface area contributed by atoms with Gasteiger partial charge >= 0.3 is 0 Å². The number of thiazole rings is 1. The van der Waals surface area contributed by atoms with Crippen LogP contribution in [0.2, 0.25) is 0 Å². The third-order valence-electron chi connectivity index (χ3n) is 4.74. The SMILES string of the molecule is COc1ccc(C(=O)Nc2nc(C(=O)N(C)C3CCCCC3)cs2)cc1. The predicted octanol–water partition coefficient (Wildman–Crippen LogP) is 3.81. The van der Waals surface area contributed by atoms with Crippen molar-refractivity contribution in [1.29, 1.82) is 0 Å². The Kier molecular flexibility index (Phi) is 5.88. The maximum absolute atomic E-state index is 12.6. The molecule has 6 nitrogen and oxygen atoms in total. The number of aromatic nitrogens is 1. The first-order valence-corrected chi connectivity index (χ1v) is 9.64. The van der Waals surface area contributed by atoms with Crippen molar-refractivity contribution in [3.63, 3.8) is 0 Å². The molecule has 1 N–H and O–H groups in total. The first-order valence-electron chi connectivity index (χ1n) is 8.76. The Morgan fingerprint density at radius 2 is 1.88 bits per heavy atom. The van der Waals surface area contributed by atoms with Gasteiger partial charge in [0.25, 0.3) is 11.8 Å². The molecule has 3 rings (SSSR count). The zero-order chi connectivity index (χ0) is 18.5. The molecule has 0 unspecified atom stereocenters. The smallest absolute Gasteiger partial charge is 0.273 e. The number of amides is 2. The number of rotatable bonds is 5. The third-order valence-corrected chi connectivity index (χ3v) is 5.50. The van der Waals surface area contributed by atoms with Gasteiger partial charge < -0.3 is 9.64 Å². The lowest BCUT2D eigenvalue weighted by molar-refractivity contribution is 0.0691. The first kappa shape index (κ1) is 18.4. The predicted molar refractivity (Wildman–Crippen MR) is 102 cm³/mol. The minimum Gasteiger partial charge on any atom is -0.497 e. The van der Waals surface area contributed by atoms with Crippen LogP contribution in [-0.2, 0) is 0 Å². The molecule has 1 aliphatic carbocycles. The number of nitrogens with one attached hydrogen (secondary N) is 1. The molecule has 1 heterocycles. The molecule has 1 aliphatic rings. The van der Waals surface area contributed by atoms with E-state index in [4.69, 9.17) is 4.74 Å². The summed E-state index contributed by atoms with van der Waals surface area (Å²) in [6.07, 6.45) is 5.68. The average molecular weight is 373 g/mol. The van der Waals surface area contributed by atoms with Crippen molar-refractivity contribution in [3.05, 3.63) is 40.9 Å². The summed E-state index contributed by atoms with van der Waals surface area (Å²) in [7, 11) is 3.42. The van der Waals surface area contributed by atoms with Crippen molar-refractivity contribution < 1.29 is 14.3 Å². The van der Waals surface area contributed by atoms with Crippen LogP contribution in [0.5, 0.6) is 5.75 Å². The molecule has 1 aromatic heterocycles. The van der Waals surface area contributed by atoms with E-state index in [9.17, 15) is 9.59 Å². The highest BCUT2D eigenvalue weighted by Crippen LogP contribution is 2.24. The van der Waals surface area contributed by atoms with Crippen molar-refractivity contribution in [2.75, 3.05) is 19.5 Å². The Morgan fingerprint density at radius 3 is 2.54 bits per heavy atom. The van der Waals surface area contributed by atoms with Crippen LogP contribution in [0.25, 0.3) is 0 Å². The van der Waals surface area contributed by atoms with Gasteiger partial charge in [-0.25, -0.2) is 4.98 Å². The van der Waals surface area contributed by atoms with Gasteiger partial charge in [-0.1, -0.05) is 19.3 Å². The zero-order valence-corrected chi connectivity index (χ0v) is 15.8. The summed E-state index contributed by atoms with van der Waals surface area (Å²) in [4.78, 5) is 31.0. The number of nitrogens with zero attached hydrogens (tertiary/aromatic N) is 2. The molecule has 2 aromatic rings. The molecule has 7 heteroatoms. The highest BCUT2D eigenvalue weighted by molar-refractivity contribution is 7.14. The van der Waals surface area contributed by atoms with Crippen LogP contribution in [-0.4, -0.2) is 41.9 Å². The number of methoxy groups -OCH3 is 1. The van der Waals surface area contributed by atoms with Gasteiger partial charge in [0.05, 0.1) is 7.11 Å². The monoisotopic (exact) mass is 373 g/mol. The highest BCUT2D eigenvalue weighted by atomic mass is 32.1. The lowest BCUT2D eigenvalue weighted by Gasteiger charge is -2.30. The number of carbonyl (C=O) groups excluding carboxylic acids is 2. The van der Waals surface area contributed by atoms with Gasteiger partial charge in [-0.3, -0.25) is 14.9 Å². The molecule has 138 valence electrons. The summed E-state index contributed by atoms with van der Waals surface area (Å²) >= 11 is 1.26. The van der Waals surface area contributed by atoms with Crippen LogP contribution in [0.1, 0.15) is 53.0 Å². The summed E-state index contributed by atoms with van der Waals surface area (Å²) < 4.78 is 5.09. The lowest BCUT2D eigenvalue weighted by atomic mass is 9.94. The summed E-state index contributed by atoms with van der Waals surface area (Å²) in [6, 6.07) is 7.11. The van der Waals surface area contributed by atoms with Crippen molar-refractivity contribution in [2.24, 2.45) is 0 Å². The molecule has 0 bridgehead atoms. The number of benzene rings is 1. The first-order chi connectivity index (χ1) is 12.6. The Labute approximate surface area is 157 Å². The second-order valence-electron chi connectivity index (χ2n) is 6.43. The molecular weight excluding hydrogens is 350 g/mol. The lowest BCUT2D eigenvalue weighted by Crippen LogP contribution is -2.38. The van der Waals surface area contributed by atoms with Crippen LogP contribution in [0.4, 0.5) is 5.13 Å². The molecular formula is C19H23N3O3S. The van der Waals surface area contributed by atoms with E-state index in [1.807, 2.05) is 7.05 Å². The molecule has 0 aliphatic heterocycles. The van der Waals surface area contributed by atoms with E-state index in [1.54, 1.807) is 41.7 Å². The molecule has 0 atom stereocenters. The van der Waals surface area contributed by atoms with Crippen LogP contribution in [0.3, 0.4) is 0 Å². The maximum atomic E-state index is 12.6. The van der Waals surface area contributed by atoms with Crippen molar-refractivity contribution in [3.8, 4) is 5.75 Å². The van der Waals surface area contributed by atoms with Crippen LogP contribution >= 0.6 is 11.3 Å². The van der Waals surface area contributed by atoms with E-state index in [2.05, 4.69) is 10.3 Å². The Bertz CT molecular complexity index is 767. The van der Waals surface area contributed by atoms with Gasteiger partial charge in [0, 0.05) is 24.0 Å². The molecule has 0 spiro atoms. The topological polar surface area (TPSA) is 71.5 Å². The molecule has 2 amide bonds. The molecule has 1 saturated carbocycles. The summed E-state index contributed by atoms with van der Waals surface area (Å²) in [5, 5.41) is 4.87. The number of hydrogen-bond acceptors (Lipinski definition) is 5. The Balaban J connectivity index is 1.63. The van der Waals surface area contributed by atoms with Crippen molar-refractivity contribution in [2.45, 2.75) is 38.1 Å². The molecule has 0 saturated heterocycles. The minimum atomic E-state index is -0.262. The van der Waals surface area contributed by atoms with E-state index in [0.29, 0.717) is 22.1 Å². The van der Waals surface area contributed by atoms with E-state index in [1.165, 1.54) is 30.6 Å². The molecule has 1 fully saturated rings. The van der Waals surface area contributed by atoms with E-state index < -0.39 is 0 Å². The number of carbonyl (C=O) groups is 2. The minimum absolute atomic E-state index is 0.0851. The Hall–Kier alpha value is -2.41. The standard InChI is InChI=1S/C19H23N3O3S/c1-22(14-6-4-3-5-7-14)18(24)16-12-26-19(20-16)21-17(23)13-8-10-15(25-2)11-9-13/h8-12,14H,3-7H2,1-2H3,(H,20,21,23). The molecule has 1 aromatic carbocycles. The highest BCUT2D eigenvalue weighted by Gasteiger charge is 2.24. The van der Waals surface area contributed by atoms with Gasteiger partial charge in [0.1, 0.15) is 11.4 Å². The van der Waals surface area contributed by atoms with Crippen molar-refractivity contribution in [1.82, 2.24) is 9.88 Å². The third kappa shape index (κ3) is 4.22. The summed E-state index contributed by atoms with van der Waals surface area (Å²) in [5.74, 6) is 0.342. The fourth-order valence-corrected chi connectivity index (χ4v) is 3.84. The van der Waals surface area contributed by atoms with Crippen LogP contribution < -0.4 is 10.1 Å².